The summed E-state index contributed by atoms with van der Waals surface area (Å²) < 4.78 is 6.91. The predicted molar refractivity (Wildman–Crippen MR) is 73.6 cm³/mol. The Kier molecular flexibility index (Phi) is 3.94. The van der Waals surface area contributed by atoms with Crippen LogP contribution in [0.25, 0.3) is 0 Å². The predicted octanol–water partition coefficient (Wildman–Crippen LogP) is 2.35. The molecule has 5 nitrogen and oxygen atoms in total. The summed E-state index contributed by atoms with van der Waals surface area (Å²) in [6.45, 7) is 3.38. The van der Waals surface area contributed by atoms with E-state index in [-0.39, 0.29) is 5.91 Å². The van der Waals surface area contributed by atoms with Crippen molar-refractivity contribution in [2.75, 3.05) is 12.8 Å². The minimum absolute atomic E-state index is 0.0358. The fourth-order valence-electron chi connectivity index (χ4n) is 2.06. The molecule has 0 fully saturated rings. The molecule has 0 aliphatic rings. The van der Waals surface area contributed by atoms with Crippen LogP contribution in [-0.4, -0.2) is 22.4 Å². The van der Waals surface area contributed by atoms with Crippen LogP contribution in [0.4, 0.5) is 5.69 Å². The van der Waals surface area contributed by atoms with Crippen molar-refractivity contribution < 1.29 is 9.21 Å². The van der Waals surface area contributed by atoms with Gasteiger partial charge in [-0.3, -0.25) is 4.79 Å². The Morgan fingerprint density at radius 3 is 2.95 bits per heavy atom. The number of anilines is 1. The number of carbonyl (C=O) groups excluding carboxylic acids is 1. The fourth-order valence-corrected chi connectivity index (χ4v) is 2.06. The van der Waals surface area contributed by atoms with E-state index in [1.54, 1.807) is 30.5 Å². The molecule has 0 radical (unpaired) electrons. The van der Waals surface area contributed by atoms with Gasteiger partial charge in [0.15, 0.2) is 0 Å². The molecule has 0 aliphatic heterocycles. The number of nitrogen functional groups attached to an aromatic ring is 1. The van der Waals surface area contributed by atoms with Crippen molar-refractivity contribution in [3.63, 3.8) is 0 Å². The molecule has 19 heavy (non-hydrogen) atoms. The molecule has 0 atom stereocenters. The summed E-state index contributed by atoms with van der Waals surface area (Å²) in [4.78, 5) is 14.1. The first-order chi connectivity index (χ1) is 9.11. The van der Waals surface area contributed by atoms with E-state index in [0.29, 0.717) is 17.9 Å². The van der Waals surface area contributed by atoms with Crippen molar-refractivity contribution >= 4 is 11.6 Å². The molecule has 2 aromatic rings. The van der Waals surface area contributed by atoms with Crippen LogP contribution in [-0.2, 0) is 13.1 Å². The number of rotatable bonds is 5. The zero-order chi connectivity index (χ0) is 13.8. The van der Waals surface area contributed by atoms with E-state index >= 15 is 0 Å². The van der Waals surface area contributed by atoms with E-state index in [4.69, 9.17) is 10.2 Å². The lowest BCUT2D eigenvalue weighted by atomic mass is 10.3. The molecule has 0 spiro atoms. The van der Waals surface area contributed by atoms with Crippen LogP contribution >= 0.6 is 0 Å². The Labute approximate surface area is 112 Å². The molecule has 0 unspecified atom stereocenters. The Hall–Kier alpha value is -2.17. The molecule has 102 valence electrons. The van der Waals surface area contributed by atoms with Gasteiger partial charge in [-0.15, -0.1) is 0 Å². The van der Waals surface area contributed by atoms with Crippen LogP contribution in [0.5, 0.6) is 0 Å². The first kappa shape index (κ1) is 13.3. The molecule has 5 heteroatoms. The molecular weight excluding hydrogens is 242 g/mol. The van der Waals surface area contributed by atoms with Gasteiger partial charge < -0.3 is 19.6 Å². The number of aryl methyl sites for hydroxylation is 1. The van der Waals surface area contributed by atoms with E-state index in [1.165, 1.54) is 0 Å². The van der Waals surface area contributed by atoms with Crippen LogP contribution < -0.4 is 5.73 Å². The first-order valence-electron chi connectivity index (χ1n) is 6.34. The van der Waals surface area contributed by atoms with E-state index in [1.807, 2.05) is 16.8 Å². The number of aromatic nitrogens is 1. The van der Waals surface area contributed by atoms with E-state index in [2.05, 4.69) is 6.92 Å². The highest BCUT2D eigenvalue weighted by Crippen LogP contribution is 2.15. The van der Waals surface area contributed by atoms with Crippen LogP contribution in [0.3, 0.4) is 0 Å². The van der Waals surface area contributed by atoms with Gasteiger partial charge in [0, 0.05) is 31.9 Å². The third kappa shape index (κ3) is 2.99. The Bertz CT molecular complexity index is 543. The number of furan rings is 1. The van der Waals surface area contributed by atoms with Gasteiger partial charge >= 0.3 is 0 Å². The van der Waals surface area contributed by atoms with Gasteiger partial charge in [-0.05, 0) is 18.6 Å². The smallest absolute Gasteiger partial charge is 0.270 e. The van der Waals surface area contributed by atoms with Crippen molar-refractivity contribution in [2.45, 2.75) is 26.4 Å². The maximum atomic E-state index is 12.4. The van der Waals surface area contributed by atoms with Crippen LogP contribution in [0.15, 0.2) is 35.3 Å². The highest BCUT2D eigenvalue weighted by molar-refractivity contribution is 5.93. The lowest BCUT2D eigenvalue weighted by molar-refractivity contribution is 0.0774. The SMILES string of the molecule is CCCn1cc(N)cc1C(=O)N(C)Cc1ccoc1. The van der Waals surface area contributed by atoms with Crippen molar-refractivity contribution in [3.8, 4) is 0 Å². The third-order valence-electron chi connectivity index (χ3n) is 2.95. The molecule has 0 aliphatic carbocycles. The second-order valence-electron chi connectivity index (χ2n) is 4.64. The Morgan fingerprint density at radius 1 is 1.53 bits per heavy atom. The van der Waals surface area contributed by atoms with Gasteiger partial charge in [0.05, 0.1) is 18.2 Å². The number of hydrogen-bond donors (Lipinski definition) is 1. The third-order valence-corrected chi connectivity index (χ3v) is 2.95. The fraction of sp³-hybridized carbons (Fsp3) is 0.357. The molecule has 0 aromatic carbocycles. The summed E-state index contributed by atoms with van der Waals surface area (Å²) in [7, 11) is 1.77. The zero-order valence-corrected chi connectivity index (χ0v) is 11.3. The minimum Gasteiger partial charge on any atom is -0.472 e. The second-order valence-corrected chi connectivity index (χ2v) is 4.64. The quantitative estimate of drug-likeness (QED) is 0.898. The van der Waals surface area contributed by atoms with Crippen molar-refractivity contribution in [1.82, 2.24) is 9.47 Å². The van der Waals surface area contributed by atoms with Gasteiger partial charge in [-0.25, -0.2) is 0 Å². The second kappa shape index (κ2) is 5.65. The first-order valence-corrected chi connectivity index (χ1v) is 6.34. The van der Waals surface area contributed by atoms with E-state index in [0.717, 1.165) is 18.5 Å². The molecule has 0 bridgehead atoms. The molecule has 0 saturated heterocycles. The largest absolute Gasteiger partial charge is 0.472 e. The maximum absolute atomic E-state index is 12.4. The highest BCUT2D eigenvalue weighted by atomic mass is 16.3. The molecule has 2 aromatic heterocycles. The van der Waals surface area contributed by atoms with Crippen LogP contribution in [0.1, 0.15) is 29.4 Å². The van der Waals surface area contributed by atoms with Crippen LogP contribution in [0.2, 0.25) is 0 Å². The zero-order valence-electron chi connectivity index (χ0n) is 11.3. The number of carbonyl (C=O) groups is 1. The summed E-state index contributed by atoms with van der Waals surface area (Å²) in [5.74, 6) is -0.0358. The lowest BCUT2D eigenvalue weighted by Crippen LogP contribution is -2.28. The summed E-state index contributed by atoms with van der Waals surface area (Å²) >= 11 is 0. The van der Waals surface area contributed by atoms with Gasteiger partial charge in [0.1, 0.15) is 5.69 Å². The number of amides is 1. The number of nitrogens with two attached hydrogens (primary N) is 1. The Morgan fingerprint density at radius 2 is 2.32 bits per heavy atom. The van der Waals surface area contributed by atoms with Crippen molar-refractivity contribution in [1.29, 1.82) is 0 Å². The van der Waals surface area contributed by atoms with Gasteiger partial charge in [0.25, 0.3) is 5.91 Å². The van der Waals surface area contributed by atoms with E-state index in [9.17, 15) is 4.79 Å². The maximum Gasteiger partial charge on any atom is 0.270 e. The van der Waals surface area contributed by atoms with Gasteiger partial charge in [0.2, 0.25) is 0 Å². The Balaban J connectivity index is 2.14. The average Bonchev–Trinajstić information content (AvgIpc) is 2.98. The standard InChI is InChI=1S/C14H19N3O2/c1-3-5-17-9-12(15)7-13(17)14(18)16(2)8-11-4-6-19-10-11/h4,6-7,9-10H,3,5,8,15H2,1-2H3. The highest BCUT2D eigenvalue weighted by Gasteiger charge is 2.17. The summed E-state index contributed by atoms with van der Waals surface area (Å²) in [5.41, 5.74) is 8.00. The van der Waals surface area contributed by atoms with Crippen molar-refractivity contribution in [2.24, 2.45) is 0 Å². The summed E-state index contributed by atoms with van der Waals surface area (Å²) in [6.07, 6.45) is 6.01. The van der Waals surface area contributed by atoms with Crippen molar-refractivity contribution in [3.05, 3.63) is 42.1 Å². The summed E-state index contributed by atoms with van der Waals surface area (Å²) in [5, 5.41) is 0. The molecular formula is C14H19N3O2. The lowest BCUT2D eigenvalue weighted by Gasteiger charge is -2.17. The monoisotopic (exact) mass is 261 g/mol. The molecule has 2 N–H and O–H groups in total. The minimum atomic E-state index is -0.0358. The molecule has 2 rings (SSSR count). The molecule has 1 amide bonds. The summed E-state index contributed by atoms with van der Waals surface area (Å²) in [6, 6.07) is 3.58. The number of hydrogen-bond acceptors (Lipinski definition) is 3. The average molecular weight is 261 g/mol. The topological polar surface area (TPSA) is 64.4 Å². The van der Waals surface area contributed by atoms with Crippen LogP contribution in [0, 0.1) is 0 Å². The molecule has 2 heterocycles. The normalized spacial score (nSPS) is 10.6. The van der Waals surface area contributed by atoms with Gasteiger partial charge in [-0.2, -0.15) is 0 Å². The molecule has 0 saturated carbocycles. The van der Waals surface area contributed by atoms with E-state index < -0.39 is 0 Å². The van der Waals surface area contributed by atoms with Gasteiger partial charge in [-0.1, -0.05) is 6.92 Å². The number of nitrogens with zero attached hydrogens (tertiary/aromatic N) is 2.